The maximum Gasteiger partial charge on any atom is 0.188 e. The lowest BCUT2D eigenvalue weighted by Crippen LogP contribution is -2.30. The molecule has 1 aliphatic rings. The molecule has 1 aliphatic heterocycles. The Morgan fingerprint density at radius 3 is 2.35 bits per heavy atom. The molecule has 0 saturated carbocycles. The van der Waals surface area contributed by atoms with Gasteiger partial charge in [-0.1, -0.05) is 72.4 Å². The Balaban J connectivity index is 1.45. The summed E-state index contributed by atoms with van der Waals surface area (Å²) in [5.74, 6) is 1.86. The first-order valence-electron chi connectivity index (χ1n) is 7.73. The van der Waals surface area contributed by atoms with Gasteiger partial charge >= 0.3 is 0 Å². The third kappa shape index (κ3) is 3.46. The van der Waals surface area contributed by atoms with Crippen molar-refractivity contribution in [3.8, 4) is 0 Å². The smallest absolute Gasteiger partial charge is 0.188 e. The van der Waals surface area contributed by atoms with Crippen LogP contribution in [0, 0.1) is 0 Å². The topological polar surface area (TPSA) is 34.0 Å². The zero-order chi connectivity index (χ0) is 15.5. The minimum absolute atomic E-state index is 0.792. The van der Waals surface area contributed by atoms with E-state index in [1.165, 1.54) is 11.1 Å². The summed E-state index contributed by atoms with van der Waals surface area (Å²) in [6.07, 6.45) is 0.792. The molecule has 0 atom stereocenters. The molecule has 4 nitrogen and oxygen atoms in total. The molecule has 0 saturated heterocycles. The van der Waals surface area contributed by atoms with Crippen molar-refractivity contribution in [3.05, 3.63) is 77.6 Å². The summed E-state index contributed by atoms with van der Waals surface area (Å²) in [5, 5.41) is 5.71. The fourth-order valence-electron chi connectivity index (χ4n) is 2.74. The van der Waals surface area contributed by atoms with Gasteiger partial charge in [-0.3, -0.25) is 4.90 Å². The Kier molecular flexibility index (Phi) is 4.13. The Hall–Kier alpha value is -2.11. The van der Waals surface area contributed by atoms with E-state index in [9.17, 15) is 0 Å². The minimum atomic E-state index is 0.792. The molecule has 1 aromatic heterocycles. The minimum Gasteiger partial charge on any atom is -0.270 e. The number of rotatable bonds is 4. The van der Waals surface area contributed by atoms with Crippen LogP contribution in [-0.4, -0.2) is 25.5 Å². The fourth-order valence-corrected chi connectivity index (χ4v) is 3.63. The molecule has 3 aromatic rings. The van der Waals surface area contributed by atoms with Crippen LogP contribution in [0.25, 0.3) is 0 Å². The molecular weight excluding hydrogens is 304 g/mol. The first-order chi connectivity index (χ1) is 11.4. The number of hydrogen-bond acceptors (Lipinski definition) is 4. The summed E-state index contributed by atoms with van der Waals surface area (Å²) in [5.41, 5.74) is 2.59. The van der Waals surface area contributed by atoms with Crippen LogP contribution in [0.4, 0.5) is 0 Å². The van der Waals surface area contributed by atoms with Crippen LogP contribution in [0.2, 0.25) is 0 Å². The van der Waals surface area contributed by atoms with Gasteiger partial charge in [0.25, 0.3) is 0 Å². The highest BCUT2D eigenvalue weighted by Gasteiger charge is 2.20. The first-order valence-corrected chi connectivity index (χ1v) is 8.72. The van der Waals surface area contributed by atoms with Crippen LogP contribution in [-0.2, 0) is 19.6 Å². The van der Waals surface area contributed by atoms with Gasteiger partial charge in [-0.25, -0.2) is 9.67 Å². The number of hydrogen-bond donors (Lipinski definition) is 0. The van der Waals surface area contributed by atoms with E-state index in [1.54, 1.807) is 11.8 Å². The van der Waals surface area contributed by atoms with Gasteiger partial charge in [-0.2, -0.15) is 5.10 Å². The van der Waals surface area contributed by atoms with E-state index >= 15 is 0 Å². The van der Waals surface area contributed by atoms with Crippen molar-refractivity contribution >= 4 is 11.8 Å². The SMILES string of the molecule is c1ccc(Cc2nc3n(n2)CN(Cc2ccccc2)CS3)cc1. The molecule has 0 unspecified atom stereocenters. The molecule has 0 N–H and O–H groups in total. The Morgan fingerprint density at radius 2 is 1.61 bits per heavy atom. The number of nitrogens with zero attached hydrogens (tertiary/aromatic N) is 4. The second kappa shape index (κ2) is 6.56. The maximum absolute atomic E-state index is 4.68. The van der Waals surface area contributed by atoms with Gasteiger partial charge in [0.05, 0.1) is 12.5 Å². The van der Waals surface area contributed by atoms with E-state index in [-0.39, 0.29) is 0 Å². The molecule has 5 heteroatoms. The second-order valence-corrected chi connectivity index (χ2v) is 6.61. The summed E-state index contributed by atoms with van der Waals surface area (Å²) in [7, 11) is 0. The number of thioether (sulfide) groups is 1. The molecule has 0 bridgehead atoms. The molecule has 116 valence electrons. The zero-order valence-electron chi connectivity index (χ0n) is 12.8. The largest absolute Gasteiger partial charge is 0.270 e. The van der Waals surface area contributed by atoms with Crippen molar-refractivity contribution in [1.82, 2.24) is 19.7 Å². The van der Waals surface area contributed by atoms with Crippen LogP contribution >= 0.6 is 11.8 Å². The molecule has 0 amide bonds. The molecule has 0 fully saturated rings. The van der Waals surface area contributed by atoms with Gasteiger partial charge in [-0.15, -0.1) is 0 Å². The average molecular weight is 322 g/mol. The Morgan fingerprint density at radius 1 is 0.913 bits per heavy atom. The molecule has 2 aromatic carbocycles. The van der Waals surface area contributed by atoms with E-state index in [0.29, 0.717) is 0 Å². The van der Waals surface area contributed by atoms with Crippen molar-refractivity contribution in [2.24, 2.45) is 0 Å². The zero-order valence-corrected chi connectivity index (χ0v) is 13.6. The van der Waals surface area contributed by atoms with E-state index in [2.05, 4.69) is 69.6 Å². The van der Waals surface area contributed by atoms with Crippen LogP contribution in [0.3, 0.4) is 0 Å². The molecule has 23 heavy (non-hydrogen) atoms. The van der Waals surface area contributed by atoms with Gasteiger partial charge in [0.15, 0.2) is 11.0 Å². The van der Waals surface area contributed by atoms with Gasteiger partial charge < -0.3 is 0 Å². The van der Waals surface area contributed by atoms with Gasteiger partial charge in [0.1, 0.15) is 0 Å². The summed E-state index contributed by atoms with van der Waals surface area (Å²) < 4.78 is 2.02. The van der Waals surface area contributed by atoms with E-state index in [1.807, 2.05) is 10.7 Å². The van der Waals surface area contributed by atoms with Crippen molar-refractivity contribution < 1.29 is 0 Å². The quantitative estimate of drug-likeness (QED) is 0.737. The molecule has 4 rings (SSSR count). The van der Waals surface area contributed by atoms with Crippen molar-refractivity contribution in [1.29, 1.82) is 0 Å². The van der Waals surface area contributed by atoms with E-state index < -0.39 is 0 Å². The predicted molar refractivity (Wildman–Crippen MR) is 92.0 cm³/mol. The third-order valence-electron chi connectivity index (χ3n) is 3.85. The average Bonchev–Trinajstić information content (AvgIpc) is 2.98. The van der Waals surface area contributed by atoms with Crippen molar-refractivity contribution in [3.63, 3.8) is 0 Å². The Bertz CT molecular complexity index is 770. The van der Waals surface area contributed by atoms with Gasteiger partial charge in [0, 0.05) is 13.0 Å². The predicted octanol–water partition coefficient (Wildman–Crippen LogP) is 3.39. The van der Waals surface area contributed by atoms with Gasteiger partial charge in [0.2, 0.25) is 0 Å². The summed E-state index contributed by atoms with van der Waals surface area (Å²) in [4.78, 5) is 7.06. The highest BCUT2D eigenvalue weighted by Crippen LogP contribution is 2.24. The molecule has 0 radical (unpaired) electrons. The second-order valence-electron chi connectivity index (χ2n) is 5.70. The molecule has 0 aliphatic carbocycles. The lowest BCUT2D eigenvalue weighted by Gasteiger charge is -2.26. The van der Waals surface area contributed by atoms with Crippen LogP contribution in [0.5, 0.6) is 0 Å². The third-order valence-corrected chi connectivity index (χ3v) is 4.90. The van der Waals surface area contributed by atoms with Crippen LogP contribution in [0.15, 0.2) is 65.8 Å². The van der Waals surface area contributed by atoms with E-state index in [4.69, 9.17) is 0 Å². The van der Waals surface area contributed by atoms with Gasteiger partial charge in [-0.05, 0) is 11.1 Å². The molecular formula is C18H18N4S. The van der Waals surface area contributed by atoms with Crippen molar-refractivity contribution in [2.45, 2.75) is 24.8 Å². The monoisotopic (exact) mass is 322 g/mol. The number of benzene rings is 2. The van der Waals surface area contributed by atoms with Crippen molar-refractivity contribution in [2.75, 3.05) is 5.88 Å². The maximum atomic E-state index is 4.68. The summed E-state index contributed by atoms with van der Waals surface area (Å²) >= 11 is 1.76. The lowest BCUT2D eigenvalue weighted by atomic mass is 10.1. The van der Waals surface area contributed by atoms with E-state index in [0.717, 1.165) is 36.5 Å². The molecule has 2 heterocycles. The van der Waals surface area contributed by atoms with Crippen LogP contribution in [0.1, 0.15) is 17.0 Å². The highest BCUT2D eigenvalue weighted by molar-refractivity contribution is 7.99. The summed E-state index contributed by atoms with van der Waals surface area (Å²) in [6, 6.07) is 21.0. The Labute approximate surface area is 140 Å². The molecule has 0 spiro atoms. The highest BCUT2D eigenvalue weighted by atomic mass is 32.2. The lowest BCUT2D eigenvalue weighted by molar-refractivity contribution is 0.214. The normalized spacial score (nSPS) is 14.6. The fraction of sp³-hybridized carbons (Fsp3) is 0.222. The summed E-state index contributed by atoms with van der Waals surface area (Å²) in [6.45, 7) is 1.75. The first kappa shape index (κ1) is 14.5. The van der Waals surface area contributed by atoms with Crippen LogP contribution < -0.4 is 0 Å². The number of fused-ring (bicyclic) bond motifs is 1. The number of aromatic nitrogens is 3. The standard InChI is InChI=1S/C18H18N4S/c1-3-7-15(8-4-1)11-17-19-18-22(20-17)13-21(14-23-18)12-16-9-5-2-6-10-16/h1-10H,11-14H2.